The van der Waals surface area contributed by atoms with Crippen molar-refractivity contribution in [2.24, 2.45) is 0 Å². The summed E-state index contributed by atoms with van der Waals surface area (Å²) in [4.78, 5) is 17.3. The van der Waals surface area contributed by atoms with E-state index in [1.54, 1.807) is 34.3 Å². The zero-order valence-corrected chi connectivity index (χ0v) is 14.5. The molecule has 5 rings (SSSR count). The molecule has 0 fully saturated rings. The molecular formula is C20H14FN3OS. The van der Waals surface area contributed by atoms with Crippen LogP contribution in [0.25, 0.3) is 15.3 Å². The molecule has 26 heavy (non-hydrogen) atoms. The molecule has 0 radical (unpaired) electrons. The Morgan fingerprint density at radius 2 is 1.88 bits per heavy atom. The summed E-state index contributed by atoms with van der Waals surface area (Å²) in [5.41, 5.74) is 3.45. The van der Waals surface area contributed by atoms with Crippen molar-refractivity contribution >= 4 is 27.3 Å². The number of fused-ring (bicyclic) bond motifs is 2. The maximum absolute atomic E-state index is 13.2. The predicted octanol–water partition coefficient (Wildman–Crippen LogP) is 4.53. The number of nitrogens with zero attached hydrogens (tertiary/aromatic N) is 3. The molecule has 1 atom stereocenters. The Morgan fingerprint density at radius 1 is 1.08 bits per heavy atom. The van der Waals surface area contributed by atoms with Crippen molar-refractivity contribution in [2.75, 3.05) is 0 Å². The van der Waals surface area contributed by atoms with E-state index in [0.717, 1.165) is 26.6 Å². The molecule has 4 aromatic rings. The van der Waals surface area contributed by atoms with Gasteiger partial charge in [0, 0.05) is 6.42 Å². The van der Waals surface area contributed by atoms with Gasteiger partial charge in [0.2, 0.25) is 5.13 Å². The zero-order chi connectivity index (χ0) is 17.7. The average molecular weight is 363 g/mol. The van der Waals surface area contributed by atoms with Crippen molar-refractivity contribution in [3.8, 4) is 5.13 Å². The highest BCUT2D eigenvalue weighted by molar-refractivity contribution is 7.20. The molecule has 2 aromatic heterocycles. The Kier molecular flexibility index (Phi) is 3.46. The van der Waals surface area contributed by atoms with Crippen molar-refractivity contribution in [3.63, 3.8) is 0 Å². The molecule has 2 aromatic carbocycles. The Bertz CT molecular complexity index is 1100. The number of Topliss-reactive ketones (excluding diaryl/α,β-unsaturated/α-hetero) is 1. The van der Waals surface area contributed by atoms with E-state index < -0.39 is 0 Å². The number of ketones is 1. The molecule has 0 bridgehead atoms. The summed E-state index contributed by atoms with van der Waals surface area (Å²) in [6, 6.07) is 14.3. The van der Waals surface area contributed by atoms with Crippen LogP contribution < -0.4 is 0 Å². The number of rotatable bonds is 2. The van der Waals surface area contributed by atoms with E-state index in [1.165, 1.54) is 12.1 Å². The monoisotopic (exact) mass is 363 g/mol. The van der Waals surface area contributed by atoms with Crippen LogP contribution in [-0.2, 0) is 6.42 Å². The Balaban J connectivity index is 1.57. The summed E-state index contributed by atoms with van der Waals surface area (Å²) in [5, 5.41) is 5.20. The first-order valence-corrected chi connectivity index (χ1v) is 9.22. The molecular weight excluding hydrogens is 349 g/mol. The van der Waals surface area contributed by atoms with Gasteiger partial charge < -0.3 is 0 Å². The number of para-hydroxylation sites is 1. The van der Waals surface area contributed by atoms with E-state index in [2.05, 4.69) is 10.1 Å². The summed E-state index contributed by atoms with van der Waals surface area (Å²) in [7, 11) is 0. The van der Waals surface area contributed by atoms with Crippen molar-refractivity contribution in [3.05, 3.63) is 77.4 Å². The standard InChI is InChI=1S/C20H14FN3OS/c21-14-7-5-12(6-8-14)13-9-17-15(18(25)10-13)11-22-24(17)20-23-16-3-1-2-4-19(16)26-20/h1-8,11,13H,9-10H2. The summed E-state index contributed by atoms with van der Waals surface area (Å²) < 4.78 is 16.1. The molecule has 0 N–H and O–H groups in total. The van der Waals surface area contributed by atoms with E-state index in [0.29, 0.717) is 18.4 Å². The third-order valence-electron chi connectivity index (χ3n) is 4.85. The van der Waals surface area contributed by atoms with Crippen LogP contribution in [0.1, 0.15) is 34.0 Å². The van der Waals surface area contributed by atoms with Gasteiger partial charge in [0.05, 0.1) is 27.7 Å². The first-order valence-electron chi connectivity index (χ1n) is 8.40. The van der Waals surface area contributed by atoms with E-state index in [1.807, 2.05) is 24.3 Å². The number of carbonyl (C=O) groups excluding carboxylic acids is 1. The number of hydrogen-bond acceptors (Lipinski definition) is 4. The van der Waals surface area contributed by atoms with Crippen molar-refractivity contribution in [1.82, 2.24) is 14.8 Å². The minimum absolute atomic E-state index is 0.0282. The van der Waals surface area contributed by atoms with Gasteiger partial charge in [-0.2, -0.15) is 5.10 Å². The third kappa shape index (κ3) is 2.45. The van der Waals surface area contributed by atoms with Gasteiger partial charge >= 0.3 is 0 Å². The molecule has 6 heteroatoms. The van der Waals surface area contributed by atoms with Gasteiger partial charge in [-0.3, -0.25) is 4.79 Å². The lowest BCUT2D eigenvalue weighted by Crippen LogP contribution is -2.20. The average Bonchev–Trinajstić information content (AvgIpc) is 3.26. The van der Waals surface area contributed by atoms with Crippen LogP contribution in [0.15, 0.2) is 54.7 Å². The summed E-state index contributed by atoms with van der Waals surface area (Å²) in [6.07, 6.45) is 2.75. The quantitative estimate of drug-likeness (QED) is 0.525. The second-order valence-electron chi connectivity index (χ2n) is 6.46. The first-order chi connectivity index (χ1) is 12.7. The third-order valence-corrected chi connectivity index (χ3v) is 5.86. The van der Waals surface area contributed by atoms with Gasteiger partial charge in [0.15, 0.2) is 5.78 Å². The molecule has 1 aliphatic carbocycles. The highest BCUT2D eigenvalue weighted by Gasteiger charge is 2.30. The van der Waals surface area contributed by atoms with Crippen LogP contribution in [0.3, 0.4) is 0 Å². The van der Waals surface area contributed by atoms with Crippen LogP contribution >= 0.6 is 11.3 Å². The topological polar surface area (TPSA) is 47.8 Å². The lowest BCUT2D eigenvalue weighted by atomic mass is 9.82. The van der Waals surface area contributed by atoms with Crippen molar-refractivity contribution in [1.29, 1.82) is 0 Å². The fourth-order valence-corrected chi connectivity index (χ4v) is 4.48. The molecule has 128 valence electrons. The second kappa shape index (κ2) is 5.85. The summed E-state index contributed by atoms with van der Waals surface area (Å²) in [6.45, 7) is 0. The number of aromatic nitrogens is 3. The minimum Gasteiger partial charge on any atom is -0.294 e. The highest BCUT2D eigenvalue weighted by Crippen LogP contribution is 2.35. The maximum Gasteiger partial charge on any atom is 0.211 e. The van der Waals surface area contributed by atoms with E-state index in [4.69, 9.17) is 0 Å². The number of benzene rings is 2. The Hall–Kier alpha value is -2.86. The largest absolute Gasteiger partial charge is 0.294 e. The first kappa shape index (κ1) is 15.4. The van der Waals surface area contributed by atoms with Crippen LogP contribution in [-0.4, -0.2) is 20.5 Å². The van der Waals surface area contributed by atoms with Gasteiger partial charge in [0.25, 0.3) is 0 Å². The van der Waals surface area contributed by atoms with Crippen molar-refractivity contribution < 1.29 is 9.18 Å². The Labute approximate surface area is 152 Å². The fourth-order valence-electron chi connectivity index (χ4n) is 3.53. The lowest BCUT2D eigenvalue weighted by molar-refractivity contribution is 0.0964. The molecule has 0 aliphatic heterocycles. The smallest absolute Gasteiger partial charge is 0.211 e. The molecule has 0 saturated carbocycles. The number of carbonyl (C=O) groups is 1. The van der Waals surface area contributed by atoms with Crippen LogP contribution in [0, 0.1) is 5.82 Å². The molecule has 2 heterocycles. The minimum atomic E-state index is -0.268. The van der Waals surface area contributed by atoms with E-state index in [-0.39, 0.29) is 17.5 Å². The second-order valence-corrected chi connectivity index (χ2v) is 7.47. The lowest BCUT2D eigenvalue weighted by Gasteiger charge is -2.22. The normalized spacial score (nSPS) is 16.8. The summed E-state index contributed by atoms with van der Waals surface area (Å²) >= 11 is 1.56. The number of hydrogen-bond donors (Lipinski definition) is 0. The van der Waals surface area contributed by atoms with Crippen LogP contribution in [0.2, 0.25) is 0 Å². The van der Waals surface area contributed by atoms with E-state index in [9.17, 15) is 9.18 Å². The fraction of sp³-hybridized carbons (Fsp3) is 0.150. The molecule has 4 nitrogen and oxygen atoms in total. The van der Waals surface area contributed by atoms with Crippen molar-refractivity contribution in [2.45, 2.75) is 18.8 Å². The highest BCUT2D eigenvalue weighted by atomic mass is 32.1. The van der Waals surface area contributed by atoms with E-state index >= 15 is 0 Å². The summed E-state index contributed by atoms with van der Waals surface area (Å²) in [5.74, 6) is -0.163. The van der Waals surface area contributed by atoms with Gasteiger partial charge in [-0.05, 0) is 42.2 Å². The maximum atomic E-state index is 13.2. The number of thiazole rings is 1. The zero-order valence-electron chi connectivity index (χ0n) is 13.7. The van der Waals surface area contributed by atoms with Gasteiger partial charge in [-0.15, -0.1) is 0 Å². The van der Waals surface area contributed by atoms with Gasteiger partial charge in [-0.1, -0.05) is 35.6 Å². The van der Waals surface area contributed by atoms with Crippen LogP contribution in [0.5, 0.6) is 0 Å². The molecule has 0 spiro atoms. The predicted molar refractivity (Wildman–Crippen MR) is 98.5 cm³/mol. The Morgan fingerprint density at radius 3 is 2.69 bits per heavy atom. The molecule has 0 saturated heterocycles. The number of halogens is 1. The van der Waals surface area contributed by atoms with Crippen LogP contribution in [0.4, 0.5) is 4.39 Å². The molecule has 0 amide bonds. The SMILES string of the molecule is O=C1CC(c2ccc(F)cc2)Cc2c1cnn2-c1nc2ccccc2s1. The molecule has 1 aliphatic rings. The van der Waals surface area contributed by atoms with Gasteiger partial charge in [-0.25, -0.2) is 14.1 Å². The molecule has 1 unspecified atom stereocenters. The van der Waals surface area contributed by atoms with Gasteiger partial charge in [0.1, 0.15) is 5.82 Å².